The van der Waals surface area contributed by atoms with Gasteiger partial charge in [-0.3, -0.25) is 4.79 Å². The molecule has 32 heavy (non-hydrogen) atoms. The molecule has 0 fully saturated rings. The summed E-state index contributed by atoms with van der Waals surface area (Å²) < 4.78 is 23.6. The number of hydrazone groups is 1. The van der Waals surface area contributed by atoms with Crippen LogP contribution in [0.1, 0.15) is 21.5 Å². The number of halogens is 1. The van der Waals surface area contributed by atoms with Crippen LogP contribution in [-0.4, -0.2) is 31.7 Å². The number of aryl methyl sites for hydroxylation is 1. The van der Waals surface area contributed by atoms with Crippen LogP contribution in [0.5, 0.6) is 11.5 Å². The molecule has 0 saturated heterocycles. The molecule has 3 rings (SSSR count). The van der Waals surface area contributed by atoms with E-state index in [2.05, 4.69) is 15.8 Å². The number of rotatable bonds is 8. The van der Waals surface area contributed by atoms with Gasteiger partial charge < -0.3 is 14.8 Å². The monoisotopic (exact) mass is 435 g/mol. The Kier molecular flexibility index (Phi) is 7.53. The zero-order valence-electron chi connectivity index (χ0n) is 17.6. The fourth-order valence-electron chi connectivity index (χ4n) is 2.67. The zero-order valence-corrected chi connectivity index (χ0v) is 17.6. The first-order chi connectivity index (χ1) is 15.4. The smallest absolute Gasteiger partial charge is 0.343 e. The normalized spacial score (nSPS) is 10.6. The summed E-state index contributed by atoms with van der Waals surface area (Å²) in [7, 11) is 1.43. The third kappa shape index (κ3) is 6.40. The van der Waals surface area contributed by atoms with Gasteiger partial charge in [0.25, 0.3) is 5.91 Å². The first kappa shape index (κ1) is 22.5. The Balaban J connectivity index is 1.55. The zero-order chi connectivity index (χ0) is 22.9. The van der Waals surface area contributed by atoms with Crippen LogP contribution in [-0.2, 0) is 4.79 Å². The quantitative estimate of drug-likeness (QED) is 0.242. The molecule has 0 spiro atoms. The number of methoxy groups -OCH3 is 1. The second kappa shape index (κ2) is 10.7. The van der Waals surface area contributed by atoms with Crippen molar-refractivity contribution in [3.8, 4) is 11.5 Å². The Labute approximate surface area is 184 Å². The molecule has 164 valence electrons. The van der Waals surface area contributed by atoms with Crippen LogP contribution in [0.4, 0.5) is 10.1 Å². The molecule has 8 heteroatoms. The van der Waals surface area contributed by atoms with E-state index in [1.54, 1.807) is 18.2 Å². The lowest BCUT2D eigenvalue weighted by Crippen LogP contribution is -2.25. The molecule has 2 N–H and O–H groups in total. The van der Waals surface area contributed by atoms with Crippen molar-refractivity contribution < 1.29 is 23.5 Å². The Morgan fingerprint density at radius 3 is 2.41 bits per heavy atom. The molecule has 3 aromatic carbocycles. The van der Waals surface area contributed by atoms with Gasteiger partial charge in [-0.2, -0.15) is 5.10 Å². The van der Waals surface area contributed by atoms with Gasteiger partial charge in [0.15, 0.2) is 11.5 Å². The number of nitrogens with zero attached hydrogens (tertiary/aromatic N) is 1. The number of hydrogen-bond donors (Lipinski definition) is 2. The standard InChI is InChI=1S/C24H22FN3O4/c1-16-3-10-20(11-4-16)26-15-23(29)28-27-14-17-5-12-21(22(13-17)31-2)32-24(30)18-6-8-19(25)9-7-18/h3-14,26H,15H2,1-2H3,(H,28,29)/b27-14+. The molecule has 7 nitrogen and oxygen atoms in total. The van der Waals surface area contributed by atoms with Gasteiger partial charge in [0.2, 0.25) is 0 Å². The van der Waals surface area contributed by atoms with E-state index in [1.807, 2.05) is 31.2 Å². The minimum Gasteiger partial charge on any atom is -0.493 e. The highest BCUT2D eigenvalue weighted by molar-refractivity contribution is 5.91. The summed E-state index contributed by atoms with van der Waals surface area (Å²) in [5.74, 6) is -0.889. The molecule has 0 aliphatic carbocycles. The molecule has 3 aromatic rings. The maximum absolute atomic E-state index is 13.0. The second-order valence-electron chi connectivity index (χ2n) is 6.82. The maximum atomic E-state index is 13.0. The molecule has 0 radical (unpaired) electrons. The van der Waals surface area contributed by atoms with Crippen molar-refractivity contribution in [2.24, 2.45) is 5.10 Å². The Bertz CT molecular complexity index is 1110. The first-order valence-corrected chi connectivity index (χ1v) is 9.73. The van der Waals surface area contributed by atoms with Crippen molar-refractivity contribution in [2.45, 2.75) is 6.92 Å². The second-order valence-corrected chi connectivity index (χ2v) is 6.82. The van der Waals surface area contributed by atoms with Crippen LogP contribution in [0.15, 0.2) is 71.8 Å². The van der Waals surface area contributed by atoms with E-state index < -0.39 is 11.8 Å². The lowest BCUT2D eigenvalue weighted by molar-refractivity contribution is -0.119. The third-order valence-corrected chi connectivity index (χ3v) is 4.38. The number of carbonyl (C=O) groups is 2. The van der Waals surface area contributed by atoms with Gasteiger partial charge in [0.05, 0.1) is 25.4 Å². The largest absolute Gasteiger partial charge is 0.493 e. The summed E-state index contributed by atoms with van der Waals surface area (Å²) >= 11 is 0. The number of hydrogen-bond acceptors (Lipinski definition) is 6. The van der Waals surface area contributed by atoms with Gasteiger partial charge in [-0.25, -0.2) is 14.6 Å². The van der Waals surface area contributed by atoms with E-state index in [0.717, 1.165) is 11.3 Å². The van der Waals surface area contributed by atoms with Crippen LogP contribution in [0, 0.1) is 12.7 Å². The van der Waals surface area contributed by atoms with Gasteiger partial charge in [-0.15, -0.1) is 0 Å². The molecule has 0 bridgehead atoms. The number of carbonyl (C=O) groups excluding carboxylic acids is 2. The SMILES string of the molecule is COc1cc(/C=N/NC(=O)CNc2ccc(C)cc2)ccc1OC(=O)c1ccc(F)cc1. The van der Waals surface area contributed by atoms with Gasteiger partial charge in [-0.1, -0.05) is 17.7 Å². The Morgan fingerprint density at radius 2 is 1.72 bits per heavy atom. The first-order valence-electron chi connectivity index (χ1n) is 9.73. The van der Waals surface area contributed by atoms with Crippen molar-refractivity contribution in [1.82, 2.24) is 5.43 Å². The van der Waals surface area contributed by atoms with Crippen LogP contribution >= 0.6 is 0 Å². The highest BCUT2D eigenvalue weighted by Crippen LogP contribution is 2.28. The minimum absolute atomic E-state index is 0.0714. The Morgan fingerprint density at radius 1 is 1.00 bits per heavy atom. The fraction of sp³-hybridized carbons (Fsp3) is 0.125. The number of esters is 1. The van der Waals surface area contributed by atoms with Crippen molar-refractivity contribution in [3.05, 3.63) is 89.2 Å². The predicted octanol–water partition coefficient (Wildman–Crippen LogP) is 3.92. The number of ether oxygens (including phenoxy) is 2. The summed E-state index contributed by atoms with van der Waals surface area (Å²) in [4.78, 5) is 24.2. The third-order valence-electron chi connectivity index (χ3n) is 4.38. The summed E-state index contributed by atoms with van der Waals surface area (Å²) in [5, 5.41) is 6.93. The molecular weight excluding hydrogens is 413 g/mol. The van der Waals surface area contributed by atoms with Crippen molar-refractivity contribution in [2.75, 3.05) is 19.0 Å². The molecular formula is C24H22FN3O4. The van der Waals surface area contributed by atoms with E-state index >= 15 is 0 Å². The summed E-state index contributed by atoms with van der Waals surface area (Å²) in [6, 6.07) is 17.5. The number of anilines is 1. The number of amides is 1. The number of benzene rings is 3. The molecule has 0 aromatic heterocycles. The van der Waals surface area contributed by atoms with E-state index in [1.165, 1.54) is 37.6 Å². The predicted molar refractivity (Wildman–Crippen MR) is 120 cm³/mol. The minimum atomic E-state index is -0.641. The van der Waals surface area contributed by atoms with Crippen molar-refractivity contribution in [1.29, 1.82) is 0 Å². The van der Waals surface area contributed by atoms with Crippen LogP contribution in [0.25, 0.3) is 0 Å². The summed E-state index contributed by atoms with van der Waals surface area (Å²) in [6.07, 6.45) is 1.44. The van der Waals surface area contributed by atoms with Gasteiger partial charge in [0.1, 0.15) is 5.82 Å². The number of nitrogens with one attached hydrogen (secondary N) is 2. The Hall–Kier alpha value is -4.20. The fourth-order valence-corrected chi connectivity index (χ4v) is 2.67. The van der Waals surface area contributed by atoms with Crippen LogP contribution < -0.4 is 20.2 Å². The van der Waals surface area contributed by atoms with Crippen molar-refractivity contribution in [3.63, 3.8) is 0 Å². The average Bonchev–Trinajstić information content (AvgIpc) is 2.80. The lowest BCUT2D eigenvalue weighted by atomic mass is 10.2. The van der Waals surface area contributed by atoms with Gasteiger partial charge in [-0.05, 0) is 67.1 Å². The van der Waals surface area contributed by atoms with E-state index in [4.69, 9.17) is 9.47 Å². The highest BCUT2D eigenvalue weighted by Gasteiger charge is 2.13. The van der Waals surface area contributed by atoms with Crippen LogP contribution in [0.2, 0.25) is 0 Å². The molecule has 0 aliphatic rings. The molecule has 0 unspecified atom stereocenters. The molecule has 0 aliphatic heterocycles. The lowest BCUT2D eigenvalue weighted by Gasteiger charge is -2.10. The van der Waals surface area contributed by atoms with Gasteiger partial charge in [0, 0.05) is 5.69 Å². The molecule has 1 amide bonds. The topological polar surface area (TPSA) is 89.0 Å². The molecule has 0 atom stereocenters. The van der Waals surface area contributed by atoms with Gasteiger partial charge >= 0.3 is 5.97 Å². The van der Waals surface area contributed by atoms with Crippen molar-refractivity contribution >= 4 is 23.8 Å². The van der Waals surface area contributed by atoms with Crippen LogP contribution in [0.3, 0.4) is 0 Å². The van der Waals surface area contributed by atoms with E-state index in [0.29, 0.717) is 11.3 Å². The summed E-state index contributed by atoms with van der Waals surface area (Å²) in [5.41, 5.74) is 5.24. The molecule has 0 heterocycles. The van der Waals surface area contributed by atoms with E-state index in [9.17, 15) is 14.0 Å². The molecule has 0 saturated carbocycles. The highest BCUT2D eigenvalue weighted by atomic mass is 19.1. The average molecular weight is 435 g/mol. The summed E-state index contributed by atoms with van der Waals surface area (Å²) in [6.45, 7) is 2.06. The maximum Gasteiger partial charge on any atom is 0.343 e. The van der Waals surface area contributed by atoms with E-state index in [-0.39, 0.29) is 23.8 Å².